The van der Waals surface area contributed by atoms with Crippen LogP contribution in [0.15, 0.2) is 72.1 Å². The Morgan fingerprint density at radius 1 is 0.870 bits per heavy atom. The molecule has 1 heterocycles. The van der Waals surface area contributed by atoms with Crippen LogP contribution in [0.5, 0.6) is 5.75 Å². The van der Waals surface area contributed by atoms with E-state index in [2.05, 4.69) is 0 Å². The largest absolute Gasteiger partial charge is 0.489 e. The second-order valence-electron chi connectivity index (χ2n) is 5.32. The summed E-state index contributed by atoms with van der Waals surface area (Å²) >= 11 is 1.50. The van der Waals surface area contributed by atoms with Crippen LogP contribution in [0.3, 0.4) is 0 Å². The van der Waals surface area contributed by atoms with Gasteiger partial charge in [0.15, 0.2) is 5.78 Å². The van der Waals surface area contributed by atoms with Crippen molar-refractivity contribution in [2.45, 2.75) is 19.4 Å². The fourth-order valence-electron chi connectivity index (χ4n) is 2.31. The number of ketones is 1. The molecule has 2 aromatic carbocycles. The first-order valence-corrected chi connectivity index (χ1v) is 8.51. The van der Waals surface area contributed by atoms with Crippen LogP contribution in [0.1, 0.15) is 27.2 Å². The lowest BCUT2D eigenvalue weighted by atomic mass is 10.1. The van der Waals surface area contributed by atoms with Crippen LogP contribution in [0.25, 0.3) is 0 Å². The van der Waals surface area contributed by atoms with Crippen LogP contribution in [-0.4, -0.2) is 5.78 Å². The van der Waals surface area contributed by atoms with Gasteiger partial charge in [-0.05, 0) is 41.1 Å². The lowest BCUT2D eigenvalue weighted by molar-refractivity contribution is 0.0987. The highest BCUT2D eigenvalue weighted by Crippen LogP contribution is 2.17. The minimum atomic E-state index is 0.212. The predicted molar refractivity (Wildman–Crippen MR) is 94.2 cm³/mol. The second kappa shape index (κ2) is 7.75. The summed E-state index contributed by atoms with van der Waals surface area (Å²) in [4.78, 5) is 12.8. The Morgan fingerprint density at radius 2 is 1.65 bits per heavy atom. The molecular weight excluding hydrogens is 304 g/mol. The topological polar surface area (TPSA) is 26.3 Å². The van der Waals surface area contributed by atoms with Gasteiger partial charge in [-0.15, -0.1) is 11.3 Å². The summed E-state index contributed by atoms with van der Waals surface area (Å²) in [5, 5.41) is 1.94. The summed E-state index contributed by atoms with van der Waals surface area (Å²) in [5.41, 5.74) is 2.31. The molecule has 23 heavy (non-hydrogen) atoms. The third-order valence-corrected chi connectivity index (χ3v) is 4.52. The minimum absolute atomic E-state index is 0.212. The number of benzene rings is 2. The Bertz CT molecular complexity index is 731. The van der Waals surface area contributed by atoms with Gasteiger partial charge in [-0.25, -0.2) is 0 Å². The van der Waals surface area contributed by atoms with E-state index in [4.69, 9.17) is 4.74 Å². The van der Waals surface area contributed by atoms with E-state index in [-0.39, 0.29) is 5.78 Å². The average Bonchev–Trinajstić information content (AvgIpc) is 3.14. The molecule has 0 aliphatic rings. The van der Waals surface area contributed by atoms with Gasteiger partial charge < -0.3 is 4.74 Å². The number of carbonyl (C=O) groups is 1. The summed E-state index contributed by atoms with van der Waals surface area (Å²) in [6.45, 7) is 0.567. The average molecular weight is 322 g/mol. The Kier molecular flexibility index (Phi) is 5.22. The van der Waals surface area contributed by atoms with Crippen molar-refractivity contribution in [2.75, 3.05) is 0 Å². The van der Waals surface area contributed by atoms with Crippen LogP contribution in [0.2, 0.25) is 0 Å². The SMILES string of the molecule is O=C(CCc1ccc(OCc2ccccc2)cc1)c1cccs1. The molecule has 0 atom stereocenters. The number of carbonyl (C=O) groups excluding carboxylic acids is 1. The molecule has 3 heteroatoms. The van der Waals surface area contributed by atoms with Crippen molar-refractivity contribution in [1.82, 2.24) is 0 Å². The van der Waals surface area contributed by atoms with Gasteiger partial charge in [0.25, 0.3) is 0 Å². The van der Waals surface area contributed by atoms with Crippen molar-refractivity contribution in [3.63, 3.8) is 0 Å². The van der Waals surface area contributed by atoms with Gasteiger partial charge in [0.1, 0.15) is 12.4 Å². The molecule has 0 amide bonds. The number of hydrogen-bond donors (Lipinski definition) is 0. The number of rotatable bonds is 7. The Labute approximate surface area is 140 Å². The second-order valence-corrected chi connectivity index (χ2v) is 6.27. The van der Waals surface area contributed by atoms with Crippen molar-refractivity contribution >= 4 is 17.1 Å². The molecule has 0 radical (unpaired) electrons. The Morgan fingerprint density at radius 3 is 2.35 bits per heavy atom. The van der Waals surface area contributed by atoms with Crippen molar-refractivity contribution in [1.29, 1.82) is 0 Å². The zero-order valence-corrected chi connectivity index (χ0v) is 13.6. The zero-order valence-electron chi connectivity index (χ0n) is 12.8. The number of Topliss-reactive ketones (excluding diaryl/α,β-unsaturated/α-hetero) is 1. The van der Waals surface area contributed by atoms with Crippen LogP contribution in [0.4, 0.5) is 0 Å². The lowest BCUT2D eigenvalue weighted by Gasteiger charge is -2.07. The van der Waals surface area contributed by atoms with Crippen molar-refractivity contribution in [2.24, 2.45) is 0 Å². The summed E-state index contributed by atoms with van der Waals surface area (Å²) in [7, 11) is 0. The molecular formula is C20H18O2S. The molecule has 0 aliphatic heterocycles. The smallest absolute Gasteiger partial charge is 0.173 e. The van der Waals surface area contributed by atoms with Crippen LogP contribution >= 0.6 is 11.3 Å². The Balaban J connectivity index is 1.50. The molecule has 0 saturated carbocycles. The van der Waals surface area contributed by atoms with Gasteiger partial charge in [0, 0.05) is 6.42 Å². The molecule has 1 aromatic heterocycles. The highest BCUT2D eigenvalue weighted by Gasteiger charge is 2.07. The van der Waals surface area contributed by atoms with Crippen molar-refractivity contribution < 1.29 is 9.53 Å². The quantitative estimate of drug-likeness (QED) is 0.563. The molecule has 0 bridgehead atoms. The first kappa shape index (κ1) is 15.5. The first-order valence-electron chi connectivity index (χ1n) is 7.63. The molecule has 0 saturated heterocycles. The van der Waals surface area contributed by atoms with Crippen molar-refractivity contribution in [3.8, 4) is 5.75 Å². The molecule has 0 aliphatic carbocycles. The number of aryl methyl sites for hydroxylation is 1. The van der Waals surface area contributed by atoms with Crippen LogP contribution in [-0.2, 0) is 13.0 Å². The maximum atomic E-state index is 12.0. The summed E-state index contributed by atoms with van der Waals surface area (Å²) in [6, 6.07) is 21.9. The van der Waals surface area contributed by atoms with Gasteiger partial charge in [-0.3, -0.25) is 4.79 Å². The van der Waals surface area contributed by atoms with Crippen LogP contribution in [0, 0.1) is 0 Å². The van der Waals surface area contributed by atoms with E-state index in [9.17, 15) is 4.79 Å². The first-order chi connectivity index (χ1) is 11.3. The predicted octanol–water partition coefficient (Wildman–Crippen LogP) is 5.14. The van der Waals surface area contributed by atoms with E-state index in [0.717, 1.165) is 28.2 Å². The normalized spacial score (nSPS) is 10.4. The van der Waals surface area contributed by atoms with Gasteiger partial charge in [0.05, 0.1) is 4.88 Å². The number of ether oxygens (including phenoxy) is 1. The monoisotopic (exact) mass is 322 g/mol. The lowest BCUT2D eigenvalue weighted by Crippen LogP contribution is -1.99. The van der Waals surface area contributed by atoms with Crippen molar-refractivity contribution in [3.05, 3.63) is 88.1 Å². The minimum Gasteiger partial charge on any atom is -0.489 e. The molecule has 0 unspecified atom stereocenters. The van der Waals surface area contributed by atoms with E-state index in [1.165, 1.54) is 11.3 Å². The van der Waals surface area contributed by atoms with E-state index in [1.807, 2.05) is 72.1 Å². The van der Waals surface area contributed by atoms with E-state index in [1.54, 1.807) is 0 Å². The zero-order chi connectivity index (χ0) is 15.9. The fourth-order valence-corrected chi connectivity index (χ4v) is 3.01. The molecule has 0 spiro atoms. The Hall–Kier alpha value is -2.39. The van der Waals surface area contributed by atoms with Gasteiger partial charge in [-0.2, -0.15) is 0 Å². The molecule has 3 aromatic rings. The molecule has 2 nitrogen and oxygen atoms in total. The third kappa shape index (κ3) is 4.54. The summed E-state index contributed by atoms with van der Waals surface area (Å²) in [6.07, 6.45) is 1.31. The standard InChI is InChI=1S/C20H18O2S/c21-19(20-7-4-14-23-20)13-10-16-8-11-18(12-9-16)22-15-17-5-2-1-3-6-17/h1-9,11-12,14H,10,13,15H2. The highest BCUT2D eigenvalue weighted by molar-refractivity contribution is 7.12. The fraction of sp³-hybridized carbons (Fsp3) is 0.150. The van der Waals surface area contributed by atoms with E-state index >= 15 is 0 Å². The van der Waals surface area contributed by atoms with E-state index in [0.29, 0.717) is 13.0 Å². The molecule has 116 valence electrons. The summed E-state index contributed by atoms with van der Waals surface area (Å²) in [5.74, 6) is 1.06. The third-order valence-electron chi connectivity index (χ3n) is 3.61. The highest BCUT2D eigenvalue weighted by atomic mass is 32.1. The number of hydrogen-bond acceptors (Lipinski definition) is 3. The van der Waals surface area contributed by atoms with Crippen LogP contribution < -0.4 is 4.74 Å². The van der Waals surface area contributed by atoms with Gasteiger partial charge in [0.2, 0.25) is 0 Å². The molecule has 0 fully saturated rings. The maximum absolute atomic E-state index is 12.0. The van der Waals surface area contributed by atoms with E-state index < -0.39 is 0 Å². The molecule has 3 rings (SSSR count). The molecule has 0 N–H and O–H groups in total. The van der Waals surface area contributed by atoms with Gasteiger partial charge >= 0.3 is 0 Å². The number of thiophene rings is 1. The summed E-state index contributed by atoms with van der Waals surface area (Å²) < 4.78 is 5.77. The van der Waals surface area contributed by atoms with Gasteiger partial charge in [-0.1, -0.05) is 48.5 Å². The maximum Gasteiger partial charge on any atom is 0.173 e.